The first-order chi connectivity index (χ1) is 9.06. The summed E-state index contributed by atoms with van der Waals surface area (Å²) in [4.78, 5) is 21.5. The van der Waals surface area contributed by atoms with Crippen molar-refractivity contribution in [2.75, 3.05) is 5.32 Å². The lowest BCUT2D eigenvalue weighted by atomic mass is 9.99. The molecule has 19 heavy (non-hydrogen) atoms. The van der Waals surface area contributed by atoms with E-state index < -0.39 is 5.97 Å². The summed E-state index contributed by atoms with van der Waals surface area (Å²) >= 11 is 0. The van der Waals surface area contributed by atoms with Crippen LogP contribution in [-0.4, -0.2) is 17.5 Å². The fourth-order valence-corrected chi connectivity index (χ4v) is 2.65. The number of carbonyl (C=O) groups excluding carboxylic acids is 1. The van der Waals surface area contributed by atoms with E-state index >= 15 is 0 Å². The van der Waals surface area contributed by atoms with Gasteiger partial charge in [-0.3, -0.25) is 4.79 Å². The Morgan fingerprint density at radius 3 is 2.68 bits per heavy atom. The highest BCUT2D eigenvalue weighted by molar-refractivity contribution is 5.93. The molecule has 2 aliphatic carbocycles. The van der Waals surface area contributed by atoms with Crippen molar-refractivity contribution >= 4 is 24.1 Å². The van der Waals surface area contributed by atoms with Crippen LogP contribution < -0.4 is 5.32 Å². The molecule has 0 unspecified atom stereocenters. The first kappa shape index (κ1) is 12.0. The van der Waals surface area contributed by atoms with Gasteiger partial charge in [0.2, 0.25) is 6.41 Å². The highest BCUT2D eigenvalue weighted by Gasteiger charge is 2.70. The molecule has 0 radical (unpaired) electrons. The Balaban J connectivity index is 1.97. The molecule has 0 bridgehead atoms. The molecular weight excluding hydrogens is 242 g/mol. The minimum Gasteiger partial charge on any atom is -0.478 e. The van der Waals surface area contributed by atoms with Gasteiger partial charge < -0.3 is 10.4 Å². The van der Waals surface area contributed by atoms with Crippen LogP contribution in [0.25, 0.3) is 6.08 Å². The predicted octanol–water partition coefficient (Wildman–Crippen LogP) is 2.40. The molecule has 3 rings (SSSR count). The Labute approximate surface area is 111 Å². The third-order valence-corrected chi connectivity index (χ3v) is 4.23. The number of anilines is 1. The van der Waals surface area contributed by atoms with E-state index in [1.807, 2.05) is 18.2 Å². The zero-order chi connectivity index (χ0) is 13.6. The summed E-state index contributed by atoms with van der Waals surface area (Å²) in [6.07, 6.45) is 4.70. The Bertz CT molecular complexity index is 597. The van der Waals surface area contributed by atoms with Gasteiger partial charge in [0, 0.05) is 11.3 Å². The number of aliphatic carboxylic acids is 1. The van der Waals surface area contributed by atoms with Gasteiger partial charge in [-0.25, -0.2) is 4.79 Å². The van der Waals surface area contributed by atoms with Crippen molar-refractivity contribution in [3.63, 3.8) is 0 Å². The number of hydrogen-bond donors (Lipinski definition) is 2. The number of fused-ring (bicyclic) bond motifs is 1. The first-order valence-electron chi connectivity index (χ1n) is 6.33. The zero-order valence-corrected chi connectivity index (χ0v) is 10.6. The lowest BCUT2D eigenvalue weighted by molar-refractivity contribution is -0.132. The van der Waals surface area contributed by atoms with Gasteiger partial charge in [-0.2, -0.15) is 0 Å². The van der Waals surface area contributed by atoms with Crippen molar-refractivity contribution in [2.45, 2.75) is 25.2 Å². The van der Waals surface area contributed by atoms with Gasteiger partial charge in [-0.05, 0) is 54.4 Å². The molecule has 0 aliphatic heterocycles. The Kier molecular flexibility index (Phi) is 2.49. The van der Waals surface area contributed by atoms with E-state index in [2.05, 4.69) is 5.32 Å². The third kappa shape index (κ3) is 1.93. The van der Waals surface area contributed by atoms with Gasteiger partial charge in [0.15, 0.2) is 0 Å². The highest BCUT2D eigenvalue weighted by atomic mass is 16.4. The largest absolute Gasteiger partial charge is 0.478 e. The molecular formula is C15H15NO3. The van der Waals surface area contributed by atoms with Crippen molar-refractivity contribution < 1.29 is 14.7 Å². The van der Waals surface area contributed by atoms with Crippen molar-refractivity contribution in [2.24, 2.45) is 5.92 Å². The number of rotatable bonds is 5. The molecule has 0 saturated heterocycles. The quantitative estimate of drug-likeness (QED) is 0.628. The lowest BCUT2D eigenvalue weighted by Gasteiger charge is -2.10. The SMILES string of the molecule is C/C(=C\c1ccc(C23CC2C3)cc1NC=O)C(=O)O. The van der Waals surface area contributed by atoms with Crippen molar-refractivity contribution in [3.8, 4) is 0 Å². The van der Waals surface area contributed by atoms with Crippen LogP contribution in [0.3, 0.4) is 0 Å². The Morgan fingerprint density at radius 2 is 2.16 bits per heavy atom. The number of carbonyl (C=O) groups is 2. The number of hydrogen-bond acceptors (Lipinski definition) is 2. The predicted molar refractivity (Wildman–Crippen MR) is 71.8 cm³/mol. The average Bonchev–Trinajstić information content (AvgIpc) is 3.20. The van der Waals surface area contributed by atoms with Gasteiger partial charge in [-0.15, -0.1) is 0 Å². The molecule has 2 saturated carbocycles. The number of nitrogens with one attached hydrogen (secondary N) is 1. The molecule has 98 valence electrons. The smallest absolute Gasteiger partial charge is 0.331 e. The molecule has 1 aromatic carbocycles. The van der Waals surface area contributed by atoms with Crippen LogP contribution in [0.4, 0.5) is 5.69 Å². The van der Waals surface area contributed by atoms with Crippen LogP contribution in [0.15, 0.2) is 23.8 Å². The maximum absolute atomic E-state index is 10.9. The summed E-state index contributed by atoms with van der Waals surface area (Å²) in [6, 6.07) is 5.91. The molecule has 2 aliphatic rings. The Morgan fingerprint density at radius 1 is 1.47 bits per heavy atom. The molecule has 0 atom stereocenters. The van der Waals surface area contributed by atoms with Crippen LogP contribution in [0, 0.1) is 5.92 Å². The van der Waals surface area contributed by atoms with E-state index in [4.69, 9.17) is 5.11 Å². The summed E-state index contributed by atoms with van der Waals surface area (Å²) in [6.45, 7) is 1.54. The van der Waals surface area contributed by atoms with Crippen LogP contribution in [0.5, 0.6) is 0 Å². The maximum atomic E-state index is 10.9. The maximum Gasteiger partial charge on any atom is 0.331 e. The van der Waals surface area contributed by atoms with E-state index in [-0.39, 0.29) is 5.57 Å². The summed E-state index contributed by atoms with van der Waals surface area (Å²) in [5, 5.41) is 11.6. The number of amides is 1. The fourth-order valence-electron chi connectivity index (χ4n) is 2.65. The van der Waals surface area contributed by atoms with Crippen LogP contribution in [0.2, 0.25) is 0 Å². The minimum absolute atomic E-state index is 0.246. The van der Waals surface area contributed by atoms with Gasteiger partial charge in [0.1, 0.15) is 0 Å². The van der Waals surface area contributed by atoms with Crippen molar-refractivity contribution in [1.29, 1.82) is 0 Å². The number of carboxylic acid groups (broad SMARTS) is 1. The third-order valence-electron chi connectivity index (χ3n) is 4.23. The molecule has 2 fully saturated rings. The minimum atomic E-state index is -0.954. The molecule has 0 heterocycles. The second-order valence-electron chi connectivity index (χ2n) is 5.46. The standard InChI is InChI=1S/C15H15NO3/c1-9(14(18)19)4-10-2-3-11(5-13(10)16-8-17)15-6-12(15)7-15/h2-5,8,12H,6-7H2,1H3,(H,16,17)(H,18,19)/b9-4+. The van der Waals surface area contributed by atoms with E-state index in [0.29, 0.717) is 17.5 Å². The van der Waals surface area contributed by atoms with Gasteiger partial charge in [0.05, 0.1) is 0 Å². The van der Waals surface area contributed by atoms with E-state index in [1.54, 1.807) is 6.08 Å². The topological polar surface area (TPSA) is 66.4 Å². The summed E-state index contributed by atoms with van der Waals surface area (Å²) in [5.74, 6) is -0.122. The molecule has 4 heteroatoms. The second kappa shape index (κ2) is 3.95. The molecule has 0 spiro atoms. The Hall–Kier alpha value is -2.10. The first-order valence-corrected chi connectivity index (χ1v) is 6.33. The van der Waals surface area contributed by atoms with Gasteiger partial charge in [0.25, 0.3) is 0 Å². The molecule has 1 aromatic rings. The average molecular weight is 257 g/mol. The summed E-state index contributed by atoms with van der Waals surface area (Å²) in [5.41, 5.74) is 3.29. The summed E-state index contributed by atoms with van der Waals surface area (Å²) < 4.78 is 0. The fraction of sp³-hybridized carbons (Fsp3) is 0.333. The van der Waals surface area contributed by atoms with Crippen molar-refractivity contribution in [1.82, 2.24) is 0 Å². The number of carboxylic acids is 1. The second-order valence-corrected chi connectivity index (χ2v) is 5.46. The van der Waals surface area contributed by atoms with Crippen LogP contribution in [-0.2, 0) is 15.0 Å². The molecule has 1 amide bonds. The van der Waals surface area contributed by atoms with E-state index in [0.717, 1.165) is 11.5 Å². The normalized spacial score (nSPS) is 27.4. The van der Waals surface area contributed by atoms with Crippen LogP contribution in [0.1, 0.15) is 30.9 Å². The molecule has 0 aromatic heterocycles. The van der Waals surface area contributed by atoms with Gasteiger partial charge in [-0.1, -0.05) is 12.1 Å². The highest BCUT2D eigenvalue weighted by Crippen LogP contribution is 2.75. The van der Waals surface area contributed by atoms with E-state index in [9.17, 15) is 9.59 Å². The monoisotopic (exact) mass is 257 g/mol. The number of benzene rings is 1. The van der Waals surface area contributed by atoms with E-state index in [1.165, 1.54) is 25.3 Å². The molecule has 2 N–H and O–H groups in total. The zero-order valence-electron chi connectivity index (χ0n) is 10.6. The molecule has 4 nitrogen and oxygen atoms in total. The van der Waals surface area contributed by atoms with Gasteiger partial charge >= 0.3 is 5.97 Å². The van der Waals surface area contributed by atoms with Crippen molar-refractivity contribution in [3.05, 3.63) is 34.9 Å². The lowest BCUT2D eigenvalue weighted by Crippen LogP contribution is -2.02. The van der Waals surface area contributed by atoms with Crippen LogP contribution >= 0.6 is 0 Å². The summed E-state index contributed by atoms with van der Waals surface area (Å²) in [7, 11) is 0.